The third-order valence-corrected chi connectivity index (χ3v) is 4.67. The van der Waals surface area contributed by atoms with Gasteiger partial charge >= 0.3 is 0 Å². The first-order valence-corrected chi connectivity index (χ1v) is 7.89. The van der Waals surface area contributed by atoms with Crippen molar-refractivity contribution in [3.63, 3.8) is 0 Å². The van der Waals surface area contributed by atoms with Gasteiger partial charge in [0.05, 0.1) is 23.4 Å². The van der Waals surface area contributed by atoms with Crippen LogP contribution in [0.15, 0.2) is 42.7 Å². The molecule has 1 aliphatic heterocycles. The van der Waals surface area contributed by atoms with E-state index in [2.05, 4.69) is 51.3 Å². The largest absolute Gasteiger partial charge is 0.291 e. The van der Waals surface area contributed by atoms with Gasteiger partial charge < -0.3 is 0 Å². The first-order valence-electron chi connectivity index (χ1n) is 7.89. The van der Waals surface area contributed by atoms with Crippen LogP contribution in [0.2, 0.25) is 0 Å². The van der Waals surface area contributed by atoms with Crippen molar-refractivity contribution in [2.45, 2.75) is 32.4 Å². The van der Waals surface area contributed by atoms with Crippen molar-refractivity contribution in [2.75, 3.05) is 6.54 Å². The zero-order valence-corrected chi connectivity index (χ0v) is 12.8. The molecule has 1 unspecified atom stereocenters. The number of aromatic amines is 1. The highest BCUT2D eigenvalue weighted by atomic mass is 15.2. The summed E-state index contributed by atoms with van der Waals surface area (Å²) in [5.41, 5.74) is 4.97. The van der Waals surface area contributed by atoms with Crippen LogP contribution >= 0.6 is 0 Å². The summed E-state index contributed by atoms with van der Waals surface area (Å²) in [6.07, 6.45) is 6.23. The Balaban J connectivity index is 1.66. The van der Waals surface area contributed by atoms with E-state index in [1.807, 2.05) is 18.5 Å². The van der Waals surface area contributed by atoms with Crippen LogP contribution in [0.1, 0.15) is 35.7 Å². The number of H-pyrrole nitrogens is 1. The van der Waals surface area contributed by atoms with E-state index in [9.17, 15) is 0 Å². The monoisotopic (exact) mass is 292 g/mol. The minimum atomic E-state index is 0.453. The Labute approximate surface area is 130 Å². The Morgan fingerprint density at radius 2 is 2.23 bits per heavy atom. The number of aryl methyl sites for hydroxylation is 1. The van der Waals surface area contributed by atoms with Crippen LogP contribution in [-0.4, -0.2) is 26.6 Å². The van der Waals surface area contributed by atoms with E-state index in [0.717, 1.165) is 18.6 Å². The number of hydrogen-bond donors (Lipinski definition) is 1. The molecule has 1 aliphatic rings. The van der Waals surface area contributed by atoms with Gasteiger partial charge in [0, 0.05) is 18.1 Å². The molecular formula is C18H20N4. The lowest BCUT2D eigenvalue weighted by Gasteiger charge is -2.24. The molecule has 0 spiro atoms. The third kappa shape index (κ3) is 2.29. The maximum atomic E-state index is 4.46. The molecule has 0 amide bonds. The van der Waals surface area contributed by atoms with Crippen LogP contribution in [0.4, 0.5) is 0 Å². The molecule has 1 N–H and O–H groups in total. The molecule has 4 nitrogen and oxygen atoms in total. The first kappa shape index (κ1) is 13.5. The van der Waals surface area contributed by atoms with Crippen molar-refractivity contribution in [3.8, 4) is 0 Å². The van der Waals surface area contributed by atoms with Gasteiger partial charge in [-0.25, -0.2) is 0 Å². The molecule has 4 heteroatoms. The normalized spacial score (nSPS) is 19.0. The van der Waals surface area contributed by atoms with Crippen LogP contribution in [-0.2, 0) is 6.54 Å². The number of benzene rings is 1. The molecule has 1 saturated heterocycles. The van der Waals surface area contributed by atoms with Gasteiger partial charge in [-0.1, -0.05) is 18.2 Å². The standard InChI is InChI=1S/C18H20N4/c1-13-11-20-21-18(13)17-8-4-10-22(17)12-14-5-2-7-16-15(14)6-3-9-19-16/h2-3,5-7,9,11,17H,4,8,10,12H2,1H3,(H,20,21). The predicted octanol–water partition coefficient (Wildman–Crippen LogP) is 3.60. The number of rotatable bonds is 3. The average molecular weight is 292 g/mol. The lowest BCUT2D eigenvalue weighted by Crippen LogP contribution is -2.23. The highest BCUT2D eigenvalue weighted by molar-refractivity contribution is 5.81. The molecule has 2 aromatic heterocycles. The molecule has 1 fully saturated rings. The molecule has 1 atom stereocenters. The van der Waals surface area contributed by atoms with Gasteiger partial charge in [0.1, 0.15) is 0 Å². The van der Waals surface area contributed by atoms with Gasteiger partial charge in [-0.05, 0) is 49.6 Å². The number of pyridine rings is 1. The molecular weight excluding hydrogens is 272 g/mol. The zero-order valence-electron chi connectivity index (χ0n) is 12.8. The second-order valence-corrected chi connectivity index (χ2v) is 6.08. The fourth-order valence-corrected chi connectivity index (χ4v) is 3.56. The quantitative estimate of drug-likeness (QED) is 0.802. The van der Waals surface area contributed by atoms with E-state index < -0.39 is 0 Å². The summed E-state index contributed by atoms with van der Waals surface area (Å²) in [4.78, 5) is 7.02. The SMILES string of the molecule is Cc1cn[nH]c1C1CCCN1Cc1cccc2ncccc12. The molecule has 0 bridgehead atoms. The predicted molar refractivity (Wildman–Crippen MR) is 87.5 cm³/mol. The topological polar surface area (TPSA) is 44.8 Å². The minimum Gasteiger partial charge on any atom is -0.291 e. The zero-order chi connectivity index (χ0) is 14.9. The van der Waals surface area contributed by atoms with E-state index in [0.29, 0.717) is 6.04 Å². The number of nitrogens with one attached hydrogen (secondary N) is 1. The van der Waals surface area contributed by atoms with Crippen molar-refractivity contribution in [3.05, 3.63) is 59.5 Å². The Hall–Kier alpha value is -2.20. The second-order valence-electron chi connectivity index (χ2n) is 6.08. The van der Waals surface area contributed by atoms with Crippen LogP contribution in [0.5, 0.6) is 0 Å². The summed E-state index contributed by atoms with van der Waals surface area (Å²) in [6, 6.07) is 11.1. The lowest BCUT2D eigenvalue weighted by atomic mass is 10.1. The van der Waals surface area contributed by atoms with Gasteiger partial charge in [0.15, 0.2) is 0 Å². The summed E-state index contributed by atoms with van der Waals surface area (Å²) >= 11 is 0. The lowest BCUT2D eigenvalue weighted by molar-refractivity contribution is 0.244. The van der Waals surface area contributed by atoms with E-state index >= 15 is 0 Å². The number of aromatic nitrogens is 3. The first-order chi connectivity index (χ1) is 10.8. The molecule has 4 rings (SSSR count). The fourth-order valence-electron chi connectivity index (χ4n) is 3.56. The average Bonchev–Trinajstić information content (AvgIpc) is 3.16. The van der Waals surface area contributed by atoms with E-state index in [1.165, 1.54) is 35.0 Å². The van der Waals surface area contributed by atoms with Crippen molar-refractivity contribution < 1.29 is 0 Å². The molecule has 112 valence electrons. The van der Waals surface area contributed by atoms with Crippen molar-refractivity contribution >= 4 is 10.9 Å². The second kappa shape index (κ2) is 5.54. The molecule has 1 aromatic carbocycles. The summed E-state index contributed by atoms with van der Waals surface area (Å²) in [5, 5.41) is 8.65. The fraction of sp³-hybridized carbons (Fsp3) is 0.333. The van der Waals surface area contributed by atoms with Gasteiger partial charge in [0.2, 0.25) is 0 Å². The van der Waals surface area contributed by atoms with E-state index in [1.54, 1.807) is 0 Å². The maximum absolute atomic E-state index is 4.46. The molecule has 0 saturated carbocycles. The van der Waals surface area contributed by atoms with Crippen LogP contribution in [0.25, 0.3) is 10.9 Å². The minimum absolute atomic E-state index is 0.453. The van der Waals surface area contributed by atoms with E-state index in [4.69, 9.17) is 0 Å². The Morgan fingerprint density at radius 1 is 1.27 bits per heavy atom. The van der Waals surface area contributed by atoms with Gasteiger partial charge in [0.25, 0.3) is 0 Å². The highest BCUT2D eigenvalue weighted by Crippen LogP contribution is 2.34. The smallest absolute Gasteiger partial charge is 0.0705 e. The van der Waals surface area contributed by atoms with Crippen LogP contribution < -0.4 is 0 Å². The summed E-state index contributed by atoms with van der Waals surface area (Å²) in [5.74, 6) is 0. The summed E-state index contributed by atoms with van der Waals surface area (Å²) < 4.78 is 0. The molecule has 3 aromatic rings. The summed E-state index contributed by atoms with van der Waals surface area (Å²) in [7, 11) is 0. The summed E-state index contributed by atoms with van der Waals surface area (Å²) in [6.45, 7) is 4.24. The number of likely N-dealkylation sites (tertiary alicyclic amines) is 1. The van der Waals surface area contributed by atoms with Gasteiger partial charge in [-0.2, -0.15) is 5.10 Å². The van der Waals surface area contributed by atoms with Crippen molar-refractivity contribution in [1.82, 2.24) is 20.1 Å². The Kier molecular flexibility index (Phi) is 3.39. The maximum Gasteiger partial charge on any atom is 0.0705 e. The van der Waals surface area contributed by atoms with Crippen LogP contribution in [0, 0.1) is 6.92 Å². The number of fused-ring (bicyclic) bond motifs is 1. The number of hydrogen-bond acceptors (Lipinski definition) is 3. The third-order valence-electron chi connectivity index (χ3n) is 4.67. The Morgan fingerprint density at radius 3 is 3.09 bits per heavy atom. The molecule has 3 heterocycles. The highest BCUT2D eigenvalue weighted by Gasteiger charge is 2.28. The molecule has 0 aliphatic carbocycles. The van der Waals surface area contributed by atoms with Crippen LogP contribution in [0.3, 0.4) is 0 Å². The van der Waals surface area contributed by atoms with Gasteiger partial charge in [-0.3, -0.25) is 15.0 Å². The van der Waals surface area contributed by atoms with E-state index in [-0.39, 0.29) is 0 Å². The molecule has 0 radical (unpaired) electrons. The van der Waals surface area contributed by atoms with Gasteiger partial charge in [-0.15, -0.1) is 0 Å². The van der Waals surface area contributed by atoms with Crippen molar-refractivity contribution in [1.29, 1.82) is 0 Å². The Bertz CT molecular complexity index is 787. The van der Waals surface area contributed by atoms with Crippen molar-refractivity contribution in [2.24, 2.45) is 0 Å². The molecule has 22 heavy (non-hydrogen) atoms. The number of nitrogens with zero attached hydrogens (tertiary/aromatic N) is 3.